The van der Waals surface area contributed by atoms with Gasteiger partial charge in [-0.1, -0.05) is 18.0 Å². The quantitative estimate of drug-likeness (QED) is 0.687. The minimum absolute atomic E-state index is 0.0332. The van der Waals surface area contributed by atoms with Crippen LogP contribution in [-0.2, 0) is 15.8 Å². The fourth-order valence-corrected chi connectivity index (χ4v) is 1.93. The molecule has 1 saturated heterocycles. The van der Waals surface area contributed by atoms with Crippen molar-refractivity contribution in [1.82, 2.24) is 4.90 Å². The second-order valence-electron chi connectivity index (χ2n) is 5.11. The summed E-state index contributed by atoms with van der Waals surface area (Å²) in [5, 5.41) is -0.404. The van der Waals surface area contributed by atoms with E-state index in [0.29, 0.717) is 13.1 Å². The predicted octanol–water partition coefficient (Wildman–Crippen LogP) is 1.12. The number of carbonyl (C=O) groups is 1. The lowest BCUT2D eigenvalue weighted by molar-refractivity contribution is -0.00102. The molecule has 0 radical (unpaired) electrons. The summed E-state index contributed by atoms with van der Waals surface area (Å²) >= 11 is -2.07. The number of likely N-dealkylation sites (tertiary alicyclic amines) is 1. The SMILES string of the molecule is CC(C1CN(C(=O)OC(C)(C)C)C1)S(=O)[O-]. The number of rotatable bonds is 2. The summed E-state index contributed by atoms with van der Waals surface area (Å²) in [4.78, 5) is 13.1. The Morgan fingerprint density at radius 3 is 2.38 bits per heavy atom. The number of hydrogen-bond donors (Lipinski definition) is 0. The minimum atomic E-state index is -2.07. The van der Waals surface area contributed by atoms with E-state index in [2.05, 4.69) is 0 Å². The molecule has 2 unspecified atom stereocenters. The van der Waals surface area contributed by atoms with E-state index in [4.69, 9.17) is 4.74 Å². The largest absolute Gasteiger partial charge is 0.772 e. The van der Waals surface area contributed by atoms with Crippen molar-refractivity contribution >= 4 is 17.2 Å². The Bertz CT molecular complexity index is 294. The summed E-state index contributed by atoms with van der Waals surface area (Å²) in [6, 6.07) is 0. The molecule has 0 aromatic heterocycles. The van der Waals surface area contributed by atoms with Crippen LogP contribution in [0.15, 0.2) is 0 Å². The Morgan fingerprint density at radius 1 is 1.50 bits per heavy atom. The molecule has 1 aliphatic rings. The van der Waals surface area contributed by atoms with E-state index in [-0.39, 0.29) is 12.0 Å². The zero-order valence-electron chi connectivity index (χ0n) is 10.1. The molecule has 1 aliphatic heterocycles. The third kappa shape index (κ3) is 3.45. The molecule has 0 aliphatic carbocycles. The molecule has 0 aromatic carbocycles. The Balaban J connectivity index is 2.36. The maximum absolute atomic E-state index is 11.5. The molecule has 6 heteroatoms. The van der Waals surface area contributed by atoms with Crippen LogP contribution in [0.3, 0.4) is 0 Å². The Kier molecular flexibility index (Phi) is 3.96. The predicted molar refractivity (Wildman–Crippen MR) is 59.7 cm³/mol. The number of nitrogens with zero attached hydrogens (tertiary/aromatic N) is 1. The lowest BCUT2D eigenvalue weighted by atomic mass is 9.97. The lowest BCUT2D eigenvalue weighted by Crippen LogP contribution is -2.55. The molecule has 1 rings (SSSR count). The molecule has 0 bridgehead atoms. The average molecular weight is 248 g/mol. The fraction of sp³-hybridized carbons (Fsp3) is 0.900. The van der Waals surface area contributed by atoms with Crippen LogP contribution >= 0.6 is 0 Å². The number of amides is 1. The molecule has 0 saturated carbocycles. The van der Waals surface area contributed by atoms with Gasteiger partial charge in [0.25, 0.3) is 0 Å². The molecule has 2 atom stereocenters. The molecule has 1 amide bonds. The first-order valence-corrected chi connectivity index (χ1v) is 6.40. The smallest absolute Gasteiger partial charge is 0.410 e. The second kappa shape index (κ2) is 4.71. The summed E-state index contributed by atoms with van der Waals surface area (Å²) in [7, 11) is 0. The zero-order valence-corrected chi connectivity index (χ0v) is 10.9. The fourth-order valence-electron chi connectivity index (χ4n) is 1.44. The van der Waals surface area contributed by atoms with E-state index in [1.165, 1.54) is 4.90 Å². The van der Waals surface area contributed by atoms with Crippen molar-refractivity contribution in [1.29, 1.82) is 0 Å². The molecule has 0 aromatic rings. The van der Waals surface area contributed by atoms with Crippen LogP contribution in [0.2, 0.25) is 0 Å². The van der Waals surface area contributed by atoms with E-state index < -0.39 is 21.9 Å². The van der Waals surface area contributed by atoms with Gasteiger partial charge in [-0.2, -0.15) is 0 Å². The normalized spacial score (nSPS) is 21.2. The highest BCUT2D eigenvalue weighted by Crippen LogP contribution is 2.24. The number of ether oxygens (including phenoxy) is 1. The van der Waals surface area contributed by atoms with Crippen LogP contribution in [0.4, 0.5) is 4.79 Å². The molecule has 94 valence electrons. The summed E-state index contributed by atoms with van der Waals surface area (Å²) in [6.45, 7) is 7.99. The van der Waals surface area contributed by atoms with Gasteiger partial charge < -0.3 is 14.2 Å². The van der Waals surface area contributed by atoms with Crippen LogP contribution < -0.4 is 0 Å². The van der Waals surface area contributed by atoms with Crippen molar-refractivity contribution in [3.05, 3.63) is 0 Å². The van der Waals surface area contributed by atoms with Gasteiger partial charge in [0.15, 0.2) is 0 Å². The van der Waals surface area contributed by atoms with E-state index in [9.17, 15) is 13.6 Å². The van der Waals surface area contributed by atoms with E-state index in [1.54, 1.807) is 27.7 Å². The number of carbonyl (C=O) groups excluding carboxylic acids is 1. The van der Waals surface area contributed by atoms with Gasteiger partial charge in [-0.15, -0.1) is 0 Å². The Hall–Kier alpha value is -0.620. The van der Waals surface area contributed by atoms with Gasteiger partial charge in [0.05, 0.1) is 0 Å². The maximum atomic E-state index is 11.5. The third-order valence-electron chi connectivity index (χ3n) is 2.53. The molecule has 16 heavy (non-hydrogen) atoms. The first-order valence-electron chi connectivity index (χ1n) is 5.26. The van der Waals surface area contributed by atoms with Gasteiger partial charge in [-0.25, -0.2) is 4.79 Å². The summed E-state index contributed by atoms with van der Waals surface area (Å²) in [5.74, 6) is 0.0332. The molecule has 5 nitrogen and oxygen atoms in total. The van der Waals surface area contributed by atoms with Crippen molar-refractivity contribution in [3.63, 3.8) is 0 Å². The van der Waals surface area contributed by atoms with Gasteiger partial charge in [-0.05, 0) is 20.8 Å². The Labute approximate surface area is 98.4 Å². The van der Waals surface area contributed by atoms with Crippen LogP contribution in [-0.4, -0.2) is 43.7 Å². The zero-order chi connectivity index (χ0) is 12.5. The van der Waals surface area contributed by atoms with Crippen LogP contribution in [0.5, 0.6) is 0 Å². The number of hydrogen-bond acceptors (Lipinski definition) is 4. The highest BCUT2D eigenvalue weighted by molar-refractivity contribution is 7.79. The molecular weight excluding hydrogens is 230 g/mol. The first-order chi connectivity index (χ1) is 7.20. The van der Waals surface area contributed by atoms with Crippen molar-refractivity contribution in [2.24, 2.45) is 5.92 Å². The topological polar surface area (TPSA) is 69.7 Å². The molecule has 0 spiro atoms. The lowest BCUT2D eigenvalue weighted by Gasteiger charge is -2.42. The second-order valence-corrected chi connectivity index (χ2v) is 6.38. The summed E-state index contributed by atoms with van der Waals surface area (Å²) in [6.07, 6.45) is -0.368. The first kappa shape index (κ1) is 13.4. The van der Waals surface area contributed by atoms with Gasteiger partial charge >= 0.3 is 6.09 Å². The standard InChI is InChI=1S/C10H19NO4S/c1-7(16(13)14)8-5-11(6-8)9(12)15-10(2,3)4/h7-8H,5-6H2,1-4H3,(H,13,14)/p-1. The molecular formula is C10H18NO4S-. The van der Waals surface area contributed by atoms with E-state index in [0.717, 1.165) is 0 Å². The highest BCUT2D eigenvalue weighted by atomic mass is 32.2. The van der Waals surface area contributed by atoms with Crippen molar-refractivity contribution < 1.29 is 18.3 Å². The van der Waals surface area contributed by atoms with E-state index >= 15 is 0 Å². The van der Waals surface area contributed by atoms with E-state index in [1.807, 2.05) is 0 Å². The third-order valence-corrected chi connectivity index (χ3v) is 3.52. The van der Waals surface area contributed by atoms with Crippen LogP contribution in [0.25, 0.3) is 0 Å². The molecule has 1 heterocycles. The van der Waals surface area contributed by atoms with Gasteiger partial charge in [0.2, 0.25) is 0 Å². The van der Waals surface area contributed by atoms with Crippen molar-refractivity contribution in [2.45, 2.75) is 38.5 Å². The summed E-state index contributed by atoms with van der Waals surface area (Å²) in [5.41, 5.74) is -0.505. The average Bonchev–Trinajstić information content (AvgIpc) is 1.96. The molecule has 1 fully saturated rings. The summed E-state index contributed by atoms with van der Waals surface area (Å²) < 4.78 is 26.6. The minimum Gasteiger partial charge on any atom is -0.772 e. The Morgan fingerprint density at radius 2 is 2.00 bits per heavy atom. The highest BCUT2D eigenvalue weighted by Gasteiger charge is 2.36. The van der Waals surface area contributed by atoms with Crippen LogP contribution in [0, 0.1) is 5.92 Å². The van der Waals surface area contributed by atoms with Crippen molar-refractivity contribution in [3.8, 4) is 0 Å². The van der Waals surface area contributed by atoms with Gasteiger partial charge in [0.1, 0.15) is 5.60 Å². The molecule has 0 N–H and O–H groups in total. The van der Waals surface area contributed by atoms with Crippen LogP contribution in [0.1, 0.15) is 27.7 Å². The maximum Gasteiger partial charge on any atom is 0.410 e. The van der Waals surface area contributed by atoms with Gasteiger partial charge in [0, 0.05) is 24.3 Å². The van der Waals surface area contributed by atoms with Gasteiger partial charge in [-0.3, -0.25) is 4.21 Å². The monoisotopic (exact) mass is 248 g/mol. The van der Waals surface area contributed by atoms with Crippen molar-refractivity contribution in [2.75, 3.05) is 13.1 Å².